The van der Waals surface area contributed by atoms with Crippen molar-refractivity contribution in [2.24, 2.45) is 0 Å². The van der Waals surface area contributed by atoms with Gasteiger partial charge in [-0.3, -0.25) is 0 Å². The van der Waals surface area contributed by atoms with Crippen molar-refractivity contribution in [2.45, 2.75) is 95.9 Å². The summed E-state index contributed by atoms with van der Waals surface area (Å²) < 4.78 is 12.0. The molecule has 3 rings (SSSR count). The van der Waals surface area contributed by atoms with Crippen molar-refractivity contribution in [3.05, 3.63) is 108 Å². The van der Waals surface area contributed by atoms with Crippen LogP contribution in [0.1, 0.15) is 101 Å². The van der Waals surface area contributed by atoms with E-state index in [0.717, 1.165) is 41.1 Å². The average molecular weight is 675 g/mol. The van der Waals surface area contributed by atoms with Gasteiger partial charge >= 0.3 is 0 Å². The number of benzene rings is 3. The molecule has 0 aliphatic carbocycles. The van der Waals surface area contributed by atoms with Crippen LogP contribution in [0.2, 0.25) is 0 Å². The first-order valence-corrected chi connectivity index (χ1v) is 16.7. The van der Waals surface area contributed by atoms with Crippen molar-refractivity contribution in [3.8, 4) is 0 Å². The van der Waals surface area contributed by atoms with Crippen LogP contribution >= 0.6 is 32.6 Å². The van der Waals surface area contributed by atoms with Gasteiger partial charge in [0.1, 0.15) is 0 Å². The van der Waals surface area contributed by atoms with Gasteiger partial charge in [-0.05, 0) is 55.0 Å². The van der Waals surface area contributed by atoms with Gasteiger partial charge in [-0.1, -0.05) is 143 Å². The summed E-state index contributed by atoms with van der Waals surface area (Å²) in [5.74, 6) is 0. The molecule has 1 atom stereocenters. The molecule has 3 aromatic rings. The smallest absolute Gasteiger partial charge is 0.157 e. The van der Waals surface area contributed by atoms with E-state index in [1.54, 1.807) is 0 Å². The maximum atomic E-state index is 6.01. The first kappa shape index (κ1) is 34.9. The quantitative estimate of drug-likeness (QED) is 0.0368. The SMILES string of the molecule is CCCCOC(CCCCCCCCPC(c1ccccc1)(c1ccccc1)c1ccccc1)OCCCC.I. The molecule has 2 nitrogen and oxygen atoms in total. The van der Waals surface area contributed by atoms with Crippen LogP contribution in [-0.2, 0) is 14.6 Å². The Kier molecular flexibility index (Phi) is 18.7. The molecule has 1 unspecified atom stereocenters. The highest BCUT2D eigenvalue weighted by atomic mass is 127. The largest absolute Gasteiger partial charge is 0.353 e. The topological polar surface area (TPSA) is 18.5 Å². The zero-order valence-corrected chi connectivity index (χ0v) is 28.2. The summed E-state index contributed by atoms with van der Waals surface area (Å²) in [5, 5.41) is -0.0889. The van der Waals surface area contributed by atoms with E-state index in [9.17, 15) is 0 Å². The van der Waals surface area contributed by atoms with Gasteiger partial charge in [-0.25, -0.2) is 0 Å². The number of halogens is 1. The molecule has 0 saturated carbocycles. The van der Waals surface area contributed by atoms with Crippen molar-refractivity contribution < 1.29 is 9.47 Å². The molecule has 0 aliphatic heterocycles. The molecule has 4 heteroatoms. The highest BCUT2D eigenvalue weighted by Gasteiger charge is 2.35. The van der Waals surface area contributed by atoms with Gasteiger partial charge in [0.2, 0.25) is 0 Å². The van der Waals surface area contributed by atoms with Gasteiger partial charge in [0.05, 0.1) is 5.16 Å². The van der Waals surface area contributed by atoms with Crippen LogP contribution in [0.3, 0.4) is 0 Å². The predicted molar refractivity (Wildman–Crippen MR) is 186 cm³/mol. The number of ether oxygens (including phenoxy) is 2. The molecule has 0 fully saturated rings. The van der Waals surface area contributed by atoms with E-state index in [0.29, 0.717) is 0 Å². The lowest BCUT2D eigenvalue weighted by Crippen LogP contribution is -2.24. The molecule has 0 saturated heterocycles. The molecule has 220 valence electrons. The summed E-state index contributed by atoms with van der Waals surface area (Å²) >= 11 is 0. The molecule has 0 bridgehead atoms. The van der Waals surface area contributed by atoms with Gasteiger partial charge in [0, 0.05) is 13.2 Å². The molecule has 0 heterocycles. The van der Waals surface area contributed by atoms with Crippen molar-refractivity contribution in [1.82, 2.24) is 0 Å². The standard InChI is InChI=1S/C36H51O2P.HI/c1-3-5-29-37-35(38-30-6-4-2)28-20-9-7-8-10-21-31-39-36(32-22-14-11-15-23-32,33-24-16-12-17-25-33)34-26-18-13-19-27-34;/h11-19,22-27,35,39H,3-10,20-21,28-31H2,1-2H3;1H. The number of unbranched alkanes of at least 4 members (excludes halogenated alkanes) is 7. The van der Waals surface area contributed by atoms with E-state index in [-0.39, 0.29) is 35.4 Å². The third-order valence-electron chi connectivity index (χ3n) is 7.48. The Morgan fingerprint density at radius 1 is 0.550 bits per heavy atom. The van der Waals surface area contributed by atoms with Crippen LogP contribution in [-0.4, -0.2) is 25.7 Å². The molecule has 0 N–H and O–H groups in total. The van der Waals surface area contributed by atoms with E-state index in [2.05, 4.69) is 105 Å². The van der Waals surface area contributed by atoms with Crippen LogP contribution in [0, 0.1) is 0 Å². The fourth-order valence-corrected chi connectivity index (χ4v) is 7.14. The Morgan fingerprint density at radius 3 is 1.38 bits per heavy atom. The minimum Gasteiger partial charge on any atom is -0.353 e. The zero-order chi connectivity index (χ0) is 27.4. The lowest BCUT2D eigenvalue weighted by Gasteiger charge is -2.36. The summed E-state index contributed by atoms with van der Waals surface area (Å²) in [6, 6.07) is 33.4. The van der Waals surface area contributed by atoms with Gasteiger partial charge in [0.25, 0.3) is 0 Å². The Balaban J connectivity index is 0.00000560. The second kappa shape index (κ2) is 21.4. The number of hydrogen-bond donors (Lipinski definition) is 0. The van der Waals surface area contributed by atoms with Gasteiger partial charge in [-0.15, -0.1) is 32.6 Å². The highest BCUT2D eigenvalue weighted by Crippen LogP contribution is 2.52. The molecule has 0 amide bonds. The number of rotatable bonds is 21. The molecule has 0 spiro atoms. The van der Waals surface area contributed by atoms with Gasteiger partial charge in [0.15, 0.2) is 6.29 Å². The van der Waals surface area contributed by atoms with Crippen LogP contribution in [0.4, 0.5) is 0 Å². The summed E-state index contributed by atoms with van der Waals surface area (Å²) in [7, 11) is 0.801. The van der Waals surface area contributed by atoms with E-state index >= 15 is 0 Å². The predicted octanol–water partition coefficient (Wildman–Crippen LogP) is 11.0. The third kappa shape index (κ3) is 11.6. The number of hydrogen-bond acceptors (Lipinski definition) is 2. The Bertz CT molecular complexity index is 877. The maximum Gasteiger partial charge on any atom is 0.157 e. The van der Waals surface area contributed by atoms with Crippen LogP contribution in [0.5, 0.6) is 0 Å². The van der Waals surface area contributed by atoms with E-state index in [4.69, 9.17) is 9.47 Å². The van der Waals surface area contributed by atoms with Crippen molar-refractivity contribution >= 4 is 32.6 Å². The summed E-state index contributed by atoms with van der Waals surface area (Å²) in [6.45, 7) is 6.07. The molecule has 40 heavy (non-hydrogen) atoms. The summed E-state index contributed by atoms with van der Waals surface area (Å²) in [4.78, 5) is 0. The molecular formula is C36H52IO2P. The van der Waals surface area contributed by atoms with Crippen molar-refractivity contribution in [2.75, 3.05) is 19.4 Å². The van der Waals surface area contributed by atoms with Crippen LogP contribution in [0.25, 0.3) is 0 Å². The molecule has 0 aliphatic rings. The van der Waals surface area contributed by atoms with Crippen molar-refractivity contribution in [1.29, 1.82) is 0 Å². The second-order valence-corrected chi connectivity index (χ2v) is 12.2. The fraction of sp³-hybridized carbons (Fsp3) is 0.500. The first-order valence-electron chi connectivity index (χ1n) is 15.5. The molecule has 3 aromatic carbocycles. The minimum absolute atomic E-state index is 0. The molecule has 0 aromatic heterocycles. The lowest BCUT2D eigenvalue weighted by molar-refractivity contribution is -0.147. The third-order valence-corrected chi connectivity index (χ3v) is 9.48. The van der Waals surface area contributed by atoms with E-state index in [1.807, 2.05) is 0 Å². The monoisotopic (exact) mass is 674 g/mol. The fourth-order valence-electron chi connectivity index (χ4n) is 5.22. The normalized spacial score (nSPS) is 11.8. The Morgan fingerprint density at radius 2 is 0.950 bits per heavy atom. The average Bonchev–Trinajstić information content (AvgIpc) is 2.99. The van der Waals surface area contributed by atoms with Crippen LogP contribution in [0.15, 0.2) is 91.0 Å². The minimum atomic E-state index is -0.0889. The van der Waals surface area contributed by atoms with E-state index < -0.39 is 0 Å². The maximum absolute atomic E-state index is 6.01. The van der Waals surface area contributed by atoms with Crippen molar-refractivity contribution in [3.63, 3.8) is 0 Å². The lowest BCUT2D eigenvalue weighted by atomic mass is 9.84. The zero-order valence-electron chi connectivity index (χ0n) is 24.9. The molecular weight excluding hydrogens is 622 g/mol. The van der Waals surface area contributed by atoms with E-state index in [1.165, 1.54) is 74.2 Å². The first-order chi connectivity index (χ1) is 19.3. The Labute approximate surface area is 263 Å². The second-order valence-electron chi connectivity index (χ2n) is 10.6. The Hall–Kier alpha value is -1.26. The molecule has 0 radical (unpaired) electrons. The van der Waals surface area contributed by atoms with Gasteiger partial charge in [-0.2, -0.15) is 0 Å². The summed E-state index contributed by atoms with van der Waals surface area (Å²) in [5.41, 5.74) is 4.20. The summed E-state index contributed by atoms with van der Waals surface area (Å²) in [6.07, 6.45) is 14.5. The highest BCUT2D eigenvalue weighted by molar-refractivity contribution is 14.0. The van der Waals surface area contributed by atoms with Gasteiger partial charge < -0.3 is 9.47 Å². The van der Waals surface area contributed by atoms with Crippen LogP contribution < -0.4 is 0 Å².